The van der Waals surface area contributed by atoms with Crippen LogP contribution < -0.4 is 15.0 Å². The van der Waals surface area contributed by atoms with E-state index in [0.717, 1.165) is 29.9 Å². The van der Waals surface area contributed by atoms with Crippen LogP contribution in [0.2, 0.25) is 10.0 Å². The molecule has 0 fully saturated rings. The van der Waals surface area contributed by atoms with E-state index in [1.807, 2.05) is 12.1 Å². The number of hydrogen-bond donors (Lipinski definition) is 2. The van der Waals surface area contributed by atoms with E-state index in [1.165, 1.54) is 31.7 Å². The Kier molecular flexibility index (Phi) is 6.86. The number of benzene rings is 2. The summed E-state index contributed by atoms with van der Waals surface area (Å²) in [6, 6.07) is 11.4. The first-order chi connectivity index (χ1) is 13.1. The van der Waals surface area contributed by atoms with E-state index in [1.54, 1.807) is 6.07 Å². The molecule has 1 aromatic heterocycles. The van der Waals surface area contributed by atoms with Gasteiger partial charge in [0.2, 0.25) is 0 Å². The quantitative estimate of drug-likeness (QED) is 0.368. The van der Waals surface area contributed by atoms with Crippen LogP contribution in [-0.4, -0.2) is 4.98 Å². The molecule has 2 N–H and O–H groups in total. The highest BCUT2D eigenvalue weighted by molar-refractivity contribution is 6.35. The van der Waals surface area contributed by atoms with Crippen LogP contribution in [0, 0.1) is 0 Å². The van der Waals surface area contributed by atoms with Crippen molar-refractivity contribution in [1.82, 2.24) is 4.98 Å². The Bertz CT molecular complexity index is 908. The van der Waals surface area contributed by atoms with Gasteiger partial charge in [-0.15, -0.1) is 0 Å². The van der Waals surface area contributed by atoms with E-state index in [9.17, 15) is 5.11 Å². The second kappa shape index (κ2) is 9.34. The Morgan fingerprint density at radius 1 is 1.07 bits per heavy atom. The van der Waals surface area contributed by atoms with E-state index in [2.05, 4.69) is 33.9 Å². The highest BCUT2D eigenvalue weighted by Gasteiger charge is 2.17. The van der Waals surface area contributed by atoms with Gasteiger partial charge in [0.1, 0.15) is 11.0 Å². The Balaban J connectivity index is 1.78. The molecule has 0 saturated carbocycles. The van der Waals surface area contributed by atoms with Crippen LogP contribution in [-0.2, 0) is 13.1 Å². The van der Waals surface area contributed by atoms with E-state index >= 15 is 0 Å². The van der Waals surface area contributed by atoms with E-state index in [4.69, 9.17) is 23.2 Å². The van der Waals surface area contributed by atoms with Gasteiger partial charge >= 0.3 is 5.95 Å². The number of nitrogens with one attached hydrogen (secondary N) is 2. The lowest BCUT2D eigenvalue weighted by atomic mass is 10.1. The van der Waals surface area contributed by atoms with Crippen LogP contribution in [0.5, 0.6) is 5.75 Å². The van der Waals surface area contributed by atoms with Gasteiger partial charge in [-0.2, -0.15) is 0 Å². The minimum atomic E-state index is -0.184. The number of fused-ring (bicyclic) bond motifs is 1. The van der Waals surface area contributed by atoms with Crippen LogP contribution >= 0.6 is 23.2 Å². The molecule has 2 aromatic carbocycles. The van der Waals surface area contributed by atoms with Crippen molar-refractivity contribution in [3.8, 4) is 5.75 Å². The van der Waals surface area contributed by atoms with Gasteiger partial charge in [-0.25, -0.2) is 9.55 Å². The topological polar surface area (TPSA) is 54.8 Å². The average Bonchev–Trinajstić information content (AvgIpc) is 3.01. The van der Waals surface area contributed by atoms with Crippen molar-refractivity contribution < 1.29 is 9.67 Å². The molecule has 6 heteroatoms. The van der Waals surface area contributed by atoms with Gasteiger partial charge in [-0.05, 0) is 36.2 Å². The summed E-state index contributed by atoms with van der Waals surface area (Å²) in [5, 5.41) is 16.2. The number of imidazole rings is 1. The molecule has 0 unspecified atom stereocenters. The van der Waals surface area contributed by atoms with E-state index in [-0.39, 0.29) is 10.8 Å². The molecule has 144 valence electrons. The third-order valence-electron chi connectivity index (χ3n) is 4.73. The van der Waals surface area contributed by atoms with E-state index < -0.39 is 0 Å². The van der Waals surface area contributed by atoms with Crippen LogP contribution in [0.3, 0.4) is 0 Å². The van der Waals surface area contributed by atoms with Crippen LogP contribution in [0.4, 0.5) is 5.95 Å². The number of anilines is 1. The number of aromatic nitrogens is 2. The van der Waals surface area contributed by atoms with Crippen LogP contribution in [0.25, 0.3) is 11.0 Å². The number of unbranched alkanes of at least 4 members (excludes halogenated alkanes) is 4. The standard InChI is InChI=1S/C21H25Cl2N3O/c1-2-3-4-5-8-11-26-19-10-7-6-9-18(19)25-21(26)24-14-15-12-16(22)13-17(23)20(15)27/h6-7,9-10,12-13H,2-5,8,11,14H2,1H3,(H2,24,25,27). The fourth-order valence-electron chi connectivity index (χ4n) is 3.30. The Morgan fingerprint density at radius 3 is 2.67 bits per heavy atom. The monoisotopic (exact) mass is 405 g/mol. The molecule has 0 atom stereocenters. The number of halogens is 2. The molecule has 4 nitrogen and oxygen atoms in total. The maximum absolute atomic E-state index is 12.2. The fourth-order valence-corrected chi connectivity index (χ4v) is 3.84. The third kappa shape index (κ3) is 4.88. The highest BCUT2D eigenvalue weighted by atomic mass is 35.5. The summed E-state index contributed by atoms with van der Waals surface area (Å²) in [4.78, 5) is 3.42. The molecular formula is C21H25Cl2N3O. The molecule has 0 bridgehead atoms. The Hall–Kier alpha value is -1.91. The van der Waals surface area contributed by atoms with Gasteiger partial charge in [0.15, 0.2) is 0 Å². The molecule has 0 spiro atoms. The zero-order chi connectivity index (χ0) is 19.2. The van der Waals surface area contributed by atoms with Gasteiger partial charge in [0.25, 0.3) is 0 Å². The minimum absolute atomic E-state index is 0.153. The van der Waals surface area contributed by atoms with Gasteiger partial charge < -0.3 is 5.11 Å². The molecule has 3 rings (SSSR count). The maximum Gasteiger partial charge on any atom is 0.356 e. The molecular weight excluding hydrogens is 381 g/mol. The molecule has 27 heavy (non-hydrogen) atoms. The predicted octanol–water partition coefficient (Wildman–Crippen LogP) is 5.42. The molecule has 0 aliphatic carbocycles. The summed E-state index contributed by atoms with van der Waals surface area (Å²) in [5.41, 5.74) is 2.78. The van der Waals surface area contributed by atoms with Crippen molar-refractivity contribution in [2.45, 2.75) is 52.1 Å². The normalized spacial score (nSPS) is 11.2. The van der Waals surface area contributed by atoms with Crippen LogP contribution in [0.1, 0.15) is 44.6 Å². The molecule has 0 aliphatic heterocycles. The van der Waals surface area contributed by atoms with Gasteiger partial charge in [-0.3, -0.25) is 5.32 Å². The number of para-hydroxylation sites is 2. The summed E-state index contributed by atoms with van der Waals surface area (Å²) < 4.78 is 2.25. The molecule has 0 saturated heterocycles. The van der Waals surface area contributed by atoms with Crippen molar-refractivity contribution >= 4 is 40.2 Å². The highest BCUT2D eigenvalue weighted by Crippen LogP contribution is 2.29. The number of hydrogen-bond acceptors (Lipinski definition) is 2. The summed E-state index contributed by atoms with van der Waals surface area (Å²) in [5.74, 6) is 0.706. The predicted molar refractivity (Wildman–Crippen MR) is 110 cm³/mol. The number of aromatic amines is 1. The fraction of sp³-hybridized carbons (Fsp3) is 0.381. The number of H-pyrrole nitrogens is 1. The Labute approximate surface area is 170 Å². The van der Waals surface area contributed by atoms with E-state index in [0.29, 0.717) is 17.1 Å². The van der Waals surface area contributed by atoms with Crippen LogP contribution in [0.15, 0.2) is 36.4 Å². The second-order valence-corrected chi connectivity index (χ2v) is 7.63. The third-order valence-corrected chi connectivity index (χ3v) is 5.23. The lowest BCUT2D eigenvalue weighted by Gasteiger charge is -2.15. The van der Waals surface area contributed by atoms with Gasteiger partial charge in [0, 0.05) is 10.0 Å². The first kappa shape index (κ1) is 19.8. The van der Waals surface area contributed by atoms with Crippen molar-refractivity contribution in [2.75, 3.05) is 5.32 Å². The van der Waals surface area contributed by atoms with Crippen molar-refractivity contribution in [3.05, 3.63) is 52.0 Å². The Morgan fingerprint density at radius 2 is 1.85 bits per heavy atom. The molecule has 0 radical (unpaired) electrons. The van der Waals surface area contributed by atoms with Crippen molar-refractivity contribution in [1.29, 1.82) is 0 Å². The first-order valence-corrected chi connectivity index (χ1v) is 10.2. The zero-order valence-electron chi connectivity index (χ0n) is 15.5. The minimum Gasteiger partial charge on any atom is -0.871 e. The lowest BCUT2D eigenvalue weighted by Crippen LogP contribution is -2.36. The largest absolute Gasteiger partial charge is 0.871 e. The maximum atomic E-state index is 12.2. The molecule has 3 aromatic rings. The van der Waals surface area contributed by atoms with Gasteiger partial charge in [-0.1, -0.05) is 73.7 Å². The summed E-state index contributed by atoms with van der Waals surface area (Å²) in [6.07, 6.45) is 6.13. The SMILES string of the molecule is CCCCCCC[n+]1c(NCc2cc(Cl)cc(Cl)c2[O-])[nH]c2ccccc21. The molecule has 0 amide bonds. The zero-order valence-corrected chi connectivity index (χ0v) is 17.0. The smallest absolute Gasteiger partial charge is 0.356 e. The van der Waals surface area contributed by atoms with Crippen molar-refractivity contribution in [3.63, 3.8) is 0 Å². The van der Waals surface area contributed by atoms with Gasteiger partial charge in [0.05, 0.1) is 13.1 Å². The summed E-state index contributed by atoms with van der Waals surface area (Å²) in [6.45, 7) is 3.52. The number of aryl methyl sites for hydroxylation is 1. The number of rotatable bonds is 9. The molecule has 0 aliphatic rings. The average molecular weight is 406 g/mol. The lowest BCUT2D eigenvalue weighted by molar-refractivity contribution is -0.657. The molecule has 1 heterocycles. The second-order valence-electron chi connectivity index (χ2n) is 6.79. The number of nitrogens with zero attached hydrogens (tertiary/aromatic N) is 1. The summed E-state index contributed by atoms with van der Waals surface area (Å²) >= 11 is 12.0. The summed E-state index contributed by atoms with van der Waals surface area (Å²) in [7, 11) is 0. The van der Waals surface area contributed by atoms with Crippen molar-refractivity contribution in [2.24, 2.45) is 0 Å². The first-order valence-electron chi connectivity index (χ1n) is 9.49.